The molecule has 0 amide bonds. The standard InChI is InChI=1S/C50H46Cl2N6O10/c1-49(29-59,47(61)62)57-23-39-13-41(51)45(15-43(39)65-27-35-9-33(17-53)19-55-21-35)67-25-31-5-3-7-37(11-31)38-8-4-6-32(12-38)26-68-46-16-44(66-28-36-10-34(18-54)20-56-22-36)40(14-42(46)52)24-58-50(2,30-60)48(63)64/h3-16,19-22,57-60H,23-30H2,1-2H3,(H,61,62)(H,63,64)/t49-,50?/m0/s1. The fourth-order valence-corrected chi connectivity index (χ4v) is 6.96. The van der Waals surface area contributed by atoms with Crippen LogP contribution in [0.1, 0.15) is 58.4 Å². The molecule has 2 aromatic heterocycles. The molecule has 0 radical (unpaired) electrons. The predicted octanol–water partition coefficient (Wildman–Crippen LogP) is 7.36. The van der Waals surface area contributed by atoms with Crippen LogP contribution in [-0.2, 0) is 49.1 Å². The lowest BCUT2D eigenvalue weighted by molar-refractivity contribution is -0.146. The third-order valence-corrected chi connectivity index (χ3v) is 11.3. The molecule has 0 saturated carbocycles. The highest BCUT2D eigenvalue weighted by Gasteiger charge is 2.33. The Balaban J connectivity index is 1.17. The topological polar surface area (TPSA) is 249 Å². The smallest absolute Gasteiger partial charge is 0.326 e. The van der Waals surface area contributed by atoms with Gasteiger partial charge in [-0.2, -0.15) is 10.5 Å². The second-order valence-electron chi connectivity index (χ2n) is 16.0. The molecular formula is C50H46Cl2N6O10. The second kappa shape index (κ2) is 23.0. The molecule has 0 saturated heterocycles. The summed E-state index contributed by atoms with van der Waals surface area (Å²) >= 11 is 13.4. The first kappa shape index (κ1) is 50.1. The van der Waals surface area contributed by atoms with Gasteiger partial charge in [0.2, 0.25) is 0 Å². The third-order valence-electron chi connectivity index (χ3n) is 10.8. The first-order valence-corrected chi connectivity index (χ1v) is 21.6. The summed E-state index contributed by atoms with van der Waals surface area (Å²) in [6.07, 6.45) is 6.00. The van der Waals surface area contributed by atoms with Crippen molar-refractivity contribution < 1.29 is 49.0 Å². The van der Waals surface area contributed by atoms with Gasteiger partial charge in [0.1, 0.15) is 72.6 Å². The molecule has 0 fully saturated rings. The van der Waals surface area contributed by atoms with E-state index in [9.17, 15) is 40.5 Å². The van der Waals surface area contributed by atoms with Gasteiger partial charge in [-0.25, -0.2) is 0 Å². The van der Waals surface area contributed by atoms with Crippen LogP contribution in [0.4, 0.5) is 0 Å². The molecule has 4 aromatic carbocycles. The summed E-state index contributed by atoms with van der Waals surface area (Å²) < 4.78 is 24.7. The first-order chi connectivity index (χ1) is 32.6. The van der Waals surface area contributed by atoms with Gasteiger partial charge in [-0.3, -0.25) is 30.2 Å². The van der Waals surface area contributed by atoms with Crippen molar-refractivity contribution in [1.29, 1.82) is 10.5 Å². The minimum atomic E-state index is -1.63. The van der Waals surface area contributed by atoms with E-state index in [1.54, 1.807) is 48.8 Å². The van der Waals surface area contributed by atoms with Crippen LogP contribution >= 0.6 is 23.2 Å². The van der Waals surface area contributed by atoms with E-state index in [0.29, 0.717) is 56.4 Å². The van der Waals surface area contributed by atoms with Crippen molar-refractivity contribution in [3.63, 3.8) is 0 Å². The van der Waals surface area contributed by atoms with E-state index in [1.807, 2.05) is 60.7 Å². The van der Waals surface area contributed by atoms with Gasteiger partial charge in [0, 0.05) is 72.3 Å². The van der Waals surface area contributed by atoms with Crippen molar-refractivity contribution in [3.8, 4) is 46.3 Å². The van der Waals surface area contributed by atoms with Crippen LogP contribution in [0.2, 0.25) is 10.0 Å². The maximum atomic E-state index is 11.9. The fourth-order valence-electron chi connectivity index (χ4n) is 6.48. The Bertz CT molecular complexity index is 2680. The molecule has 0 bridgehead atoms. The van der Waals surface area contributed by atoms with Crippen LogP contribution in [0.15, 0.2) is 110 Å². The summed E-state index contributed by atoms with van der Waals surface area (Å²) in [6, 6.07) is 29.3. The highest BCUT2D eigenvalue weighted by atomic mass is 35.5. The highest BCUT2D eigenvalue weighted by Crippen LogP contribution is 2.36. The number of nitrogens with zero attached hydrogens (tertiary/aromatic N) is 4. The molecule has 0 aliphatic carbocycles. The van der Waals surface area contributed by atoms with E-state index in [0.717, 1.165) is 22.3 Å². The number of hydrogen-bond acceptors (Lipinski definition) is 14. The predicted molar refractivity (Wildman–Crippen MR) is 250 cm³/mol. The van der Waals surface area contributed by atoms with Crippen molar-refractivity contribution in [3.05, 3.63) is 164 Å². The number of pyridine rings is 2. The maximum absolute atomic E-state index is 11.9. The lowest BCUT2D eigenvalue weighted by atomic mass is 10.0. The van der Waals surface area contributed by atoms with Gasteiger partial charge in [-0.1, -0.05) is 59.6 Å². The molecular weight excluding hydrogens is 915 g/mol. The first-order valence-electron chi connectivity index (χ1n) is 20.9. The summed E-state index contributed by atoms with van der Waals surface area (Å²) in [5.74, 6) is -1.22. The summed E-state index contributed by atoms with van der Waals surface area (Å²) in [7, 11) is 0. The number of carboxylic acid groups (broad SMARTS) is 2. The zero-order valence-electron chi connectivity index (χ0n) is 36.8. The van der Waals surface area contributed by atoms with Gasteiger partial charge in [0.05, 0.1) is 34.4 Å². The number of ether oxygens (including phenoxy) is 4. The third kappa shape index (κ3) is 13.0. The SMILES string of the molecule is CC(CO)(NCc1cc(Cl)c(OCc2cccc(-c3cccc(COc4cc(OCc5cncc(C#N)c5)c(CN[C@@](C)(CO)C(=O)O)cc4Cl)c3)c2)cc1OCc1cncc(C#N)c1)C(=O)O. The van der Waals surface area contributed by atoms with E-state index in [-0.39, 0.29) is 49.6 Å². The normalized spacial score (nSPS) is 12.7. The molecule has 2 atom stereocenters. The van der Waals surface area contributed by atoms with Crippen molar-refractivity contribution in [2.75, 3.05) is 13.2 Å². The number of hydrogen-bond donors (Lipinski definition) is 6. The van der Waals surface area contributed by atoms with E-state index < -0.39 is 36.2 Å². The van der Waals surface area contributed by atoms with Gasteiger partial charge in [-0.05, 0) is 72.5 Å². The minimum absolute atomic E-state index is 0.0197. The molecule has 1 unspecified atom stereocenters. The average molecular weight is 962 g/mol. The van der Waals surface area contributed by atoms with Gasteiger partial charge in [-0.15, -0.1) is 0 Å². The number of carboxylic acids is 2. The van der Waals surface area contributed by atoms with Crippen molar-refractivity contribution >= 4 is 35.1 Å². The molecule has 18 heteroatoms. The van der Waals surface area contributed by atoms with Crippen LogP contribution in [-0.4, -0.2) is 66.6 Å². The average Bonchev–Trinajstić information content (AvgIpc) is 3.35. The minimum Gasteiger partial charge on any atom is -0.488 e. The number of aliphatic carboxylic acids is 2. The summed E-state index contributed by atoms with van der Waals surface area (Å²) in [5.41, 5.74) is 3.12. The molecule has 6 N–H and O–H groups in total. The Morgan fingerprint density at radius 3 is 1.32 bits per heavy atom. The van der Waals surface area contributed by atoms with E-state index in [4.69, 9.17) is 42.1 Å². The number of aliphatic hydroxyl groups is 2. The largest absolute Gasteiger partial charge is 0.488 e. The number of carbonyl (C=O) groups is 2. The lowest BCUT2D eigenvalue weighted by Crippen LogP contribution is -2.52. The Hall–Kier alpha value is -7.28. The monoisotopic (exact) mass is 960 g/mol. The van der Waals surface area contributed by atoms with Crippen molar-refractivity contribution in [2.24, 2.45) is 0 Å². The Labute approximate surface area is 401 Å². The Kier molecular flexibility index (Phi) is 16.9. The molecule has 0 aliphatic rings. The fraction of sp³-hybridized carbons (Fsp3) is 0.240. The molecule has 350 valence electrons. The Morgan fingerprint density at radius 2 is 0.956 bits per heavy atom. The van der Waals surface area contributed by atoms with Crippen LogP contribution in [0.3, 0.4) is 0 Å². The summed E-state index contributed by atoms with van der Waals surface area (Å²) in [6.45, 7) is 1.66. The number of benzene rings is 4. The van der Waals surface area contributed by atoms with Crippen molar-refractivity contribution in [2.45, 2.75) is 64.4 Å². The lowest BCUT2D eigenvalue weighted by Gasteiger charge is -2.25. The quantitative estimate of drug-likeness (QED) is 0.0367. The zero-order valence-corrected chi connectivity index (χ0v) is 38.3. The number of nitrogens with one attached hydrogen (secondary N) is 2. The molecule has 68 heavy (non-hydrogen) atoms. The summed E-state index contributed by atoms with van der Waals surface area (Å²) in [5, 5.41) is 63.8. The van der Waals surface area contributed by atoms with Gasteiger partial charge in [0.25, 0.3) is 0 Å². The Morgan fingerprint density at radius 1 is 0.574 bits per heavy atom. The molecule has 6 aromatic rings. The molecule has 16 nitrogen and oxygen atoms in total. The van der Waals surface area contributed by atoms with E-state index in [1.165, 1.54) is 26.2 Å². The van der Waals surface area contributed by atoms with Crippen LogP contribution in [0.5, 0.6) is 23.0 Å². The van der Waals surface area contributed by atoms with Gasteiger partial charge < -0.3 is 39.4 Å². The summed E-state index contributed by atoms with van der Waals surface area (Å²) in [4.78, 5) is 31.9. The molecule has 2 heterocycles. The molecule has 0 spiro atoms. The maximum Gasteiger partial charge on any atom is 0.326 e. The zero-order chi connectivity index (χ0) is 48.8. The second-order valence-corrected chi connectivity index (χ2v) is 16.8. The number of rotatable bonds is 23. The number of aromatic nitrogens is 2. The van der Waals surface area contributed by atoms with Crippen LogP contribution in [0, 0.1) is 22.7 Å². The van der Waals surface area contributed by atoms with Crippen LogP contribution in [0.25, 0.3) is 11.1 Å². The van der Waals surface area contributed by atoms with Gasteiger partial charge in [0.15, 0.2) is 0 Å². The molecule has 6 rings (SSSR count). The van der Waals surface area contributed by atoms with E-state index >= 15 is 0 Å². The number of nitriles is 2. The van der Waals surface area contributed by atoms with Crippen LogP contribution < -0.4 is 29.6 Å². The van der Waals surface area contributed by atoms with Gasteiger partial charge >= 0.3 is 11.9 Å². The van der Waals surface area contributed by atoms with Crippen molar-refractivity contribution in [1.82, 2.24) is 20.6 Å². The number of halogens is 2. The number of aliphatic hydroxyl groups excluding tert-OH is 2. The van der Waals surface area contributed by atoms with E-state index in [2.05, 4.69) is 20.6 Å². The molecule has 0 aliphatic heterocycles. The highest BCUT2D eigenvalue weighted by molar-refractivity contribution is 6.32.